The smallest absolute Gasteiger partial charge is 0.219 e. The third-order valence-electron chi connectivity index (χ3n) is 5.05. The summed E-state index contributed by atoms with van der Waals surface area (Å²) in [6, 6.07) is 11.9. The molecule has 3 heterocycles. The van der Waals surface area contributed by atoms with Crippen LogP contribution in [0.5, 0.6) is 5.75 Å². The number of hydrogen-bond donors (Lipinski definition) is 1. The van der Waals surface area contributed by atoms with Gasteiger partial charge in [0.15, 0.2) is 5.65 Å². The number of anilines is 1. The predicted octanol–water partition coefficient (Wildman–Crippen LogP) is 2.83. The lowest BCUT2D eigenvalue weighted by atomic mass is 10.1. The van der Waals surface area contributed by atoms with Gasteiger partial charge in [0.05, 0.1) is 19.0 Å². The van der Waals surface area contributed by atoms with E-state index in [1.807, 2.05) is 45.8 Å². The molecule has 4 rings (SSSR count). The van der Waals surface area contributed by atoms with Crippen molar-refractivity contribution in [3.05, 3.63) is 42.6 Å². The molecule has 1 saturated heterocycles. The molecule has 0 radical (unpaired) electrons. The highest BCUT2D eigenvalue weighted by Gasteiger charge is 2.26. The van der Waals surface area contributed by atoms with Gasteiger partial charge in [0, 0.05) is 31.6 Å². The van der Waals surface area contributed by atoms with Crippen LogP contribution in [-0.4, -0.2) is 51.6 Å². The largest absolute Gasteiger partial charge is 0.496 e. The number of benzene rings is 1. The summed E-state index contributed by atoms with van der Waals surface area (Å²) in [6.07, 6.45) is 3.88. The molecule has 140 valence electrons. The summed E-state index contributed by atoms with van der Waals surface area (Å²) in [4.78, 5) is 18.1. The van der Waals surface area contributed by atoms with E-state index in [4.69, 9.17) is 9.84 Å². The van der Waals surface area contributed by atoms with Crippen LogP contribution in [-0.2, 0) is 4.79 Å². The summed E-state index contributed by atoms with van der Waals surface area (Å²) in [5.74, 6) is 1.67. The number of fused-ring (bicyclic) bond motifs is 1. The zero-order valence-corrected chi connectivity index (χ0v) is 15.6. The summed E-state index contributed by atoms with van der Waals surface area (Å²) in [5.41, 5.74) is 2.58. The zero-order chi connectivity index (χ0) is 18.8. The Morgan fingerprint density at radius 2 is 2.15 bits per heavy atom. The fourth-order valence-electron chi connectivity index (χ4n) is 3.69. The molecule has 1 unspecified atom stereocenters. The highest BCUT2D eigenvalue weighted by Crippen LogP contribution is 2.29. The van der Waals surface area contributed by atoms with Crippen LogP contribution in [0.2, 0.25) is 0 Å². The molecule has 2 aromatic heterocycles. The van der Waals surface area contributed by atoms with Crippen LogP contribution in [0.3, 0.4) is 0 Å². The van der Waals surface area contributed by atoms with Crippen LogP contribution in [0.1, 0.15) is 19.8 Å². The molecule has 27 heavy (non-hydrogen) atoms. The number of aromatic nitrogens is 3. The number of carbonyl (C=O) groups excluding carboxylic acids is 1. The van der Waals surface area contributed by atoms with Gasteiger partial charge in [-0.25, -0.2) is 9.50 Å². The molecule has 7 nitrogen and oxygen atoms in total. The van der Waals surface area contributed by atoms with E-state index in [-0.39, 0.29) is 11.9 Å². The normalized spacial score (nSPS) is 16.7. The molecule has 1 fully saturated rings. The van der Waals surface area contributed by atoms with Gasteiger partial charge in [-0.15, -0.1) is 5.10 Å². The van der Waals surface area contributed by atoms with Gasteiger partial charge in [-0.3, -0.25) is 4.79 Å². The number of rotatable bonds is 5. The van der Waals surface area contributed by atoms with Gasteiger partial charge in [-0.2, -0.15) is 0 Å². The van der Waals surface area contributed by atoms with Crippen LogP contribution >= 0.6 is 0 Å². The first-order valence-corrected chi connectivity index (χ1v) is 9.16. The second-order valence-corrected chi connectivity index (χ2v) is 6.72. The molecule has 0 bridgehead atoms. The predicted molar refractivity (Wildman–Crippen MR) is 104 cm³/mol. The van der Waals surface area contributed by atoms with Crippen molar-refractivity contribution in [2.75, 3.05) is 25.5 Å². The maximum Gasteiger partial charge on any atom is 0.219 e. The fraction of sp³-hybridized carbons (Fsp3) is 0.350. The number of ether oxygens (including phenoxy) is 1. The van der Waals surface area contributed by atoms with Crippen LogP contribution in [0, 0.1) is 0 Å². The number of hydrogen-bond acceptors (Lipinski definition) is 5. The van der Waals surface area contributed by atoms with Gasteiger partial charge in [0.1, 0.15) is 11.6 Å². The average molecular weight is 365 g/mol. The third-order valence-corrected chi connectivity index (χ3v) is 5.05. The second kappa shape index (κ2) is 7.26. The molecule has 1 amide bonds. The molecule has 1 aromatic carbocycles. The van der Waals surface area contributed by atoms with E-state index in [0.29, 0.717) is 6.54 Å². The Bertz CT molecular complexity index is 968. The first-order valence-electron chi connectivity index (χ1n) is 9.16. The Hall–Kier alpha value is -3.09. The number of amides is 1. The number of imidazole rings is 1. The standard InChI is InChI=1S/C20H23N5O2/c1-14(26)24-11-5-6-15(24)12-21-19-9-10-20-22-13-17(25(20)23-19)16-7-3-4-8-18(16)27-2/h3-4,7-10,13,15H,5-6,11-12H2,1-2H3,(H,21,23). The average Bonchev–Trinajstić information content (AvgIpc) is 3.33. The van der Waals surface area contributed by atoms with Crippen molar-refractivity contribution >= 4 is 17.4 Å². The van der Waals surface area contributed by atoms with Crippen LogP contribution < -0.4 is 10.1 Å². The molecule has 3 aromatic rings. The van der Waals surface area contributed by atoms with Crippen molar-refractivity contribution in [3.63, 3.8) is 0 Å². The summed E-state index contributed by atoms with van der Waals surface area (Å²) >= 11 is 0. The third kappa shape index (κ3) is 3.32. The molecule has 0 saturated carbocycles. The Balaban J connectivity index is 1.60. The van der Waals surface area contributed by atoms with E-state index < -0.39 is 0 Å². The minimum absolute atomic E-state index is 0.135. The summed E-state index contributed by atoms with van der Waals surface area (Å²) in [7, 11) is 1.66. The lowest BCUT2D eigenvalue weighted by Gasteiger charge is -2.23. The molecule has 1 aliphatic rings. The Morgan fingerprint density at radius 1 is 1.30 bits per heavy atom. The van der Waals surface area contributed by atoms with Crippen LogP contribution in [0.4, 0.5) is 5.82 Å². The maximum atomic E-state index is 11.7. The van der Waals surface area contributed by atoms with Gasteiger partial charge in [-0.05, 0) is 37.1 Å². The number of nitrogens with one attached hydrogen (secondary N) is 1. The molecule has 1 N–H and O–H groups in total. The number of methoxy groups -OCH3 is 1. The van der Waals surface area contributed by atoms with Gasteiger partial charge < -0.3 is 15.0 Å². The van der Waals surface area contributed by atoms with Gasteiger partial charge in [0.25, 0.3) is 0 Å². The van der Waals surface area contributed by atoms with Crippen molar-refractivity contribution in [2.24, 2.45) is 0 Å². The van der Waals surface area contributed by atoms with E-state index in [0.717, 1.165) is 47.9 Å². The molecule has 1 atom stereocenters. The summed E-state index contributed by atoms with van der Waals surface area (Å²) in [6.45, 7) is 3.16. The van der Waals surface area contributed by atoms with E-state index in [1.165, 1.54) is 0 Å². The van der Waals surface area contributed by atoms with E-state index in [9.17, 15) is 4.79 Å². The lowest BCUT2D eigenvalue weighted by Crippen LogP contribution is -2.38. The van der Waals surface area contributed by atoms with E-state index in [2.05, 4.69) is 10.3 Å². The Labute approximate surface area is 158 Å². The quantitative estimate of drug-likeness (QED) is 0.753. The molecular formula is C20H23N5O2. The highest BCUT2D eigenvalue weighted by atomic mass is 16.5. The van der Waals surface area contributed by atoms with Crippen LogP contribution in [0.25, 0.3) is 16.9 Å². The molecule has 7 heteroatoms. The maximum absolute atomic E-state index is 11.7. The minimum atomic E-state index is 0.135. The first kappa shape index (κ1) is 17.3. The van der Waals surface area contributed by atoms with Crippen molar-refractivity contribution in [3.8, 4) is 17.0 Å². The molecule has 0 spiro atoms. The minimum Gasteiger partial charge on any atom is -0.496 e. The van der Waals surface area contributed by atoms with Crippen molar-refractivity contribution in [1.82, 2.24) is 19.5 Å². The fourth-order valence-corrected chi connectivity index (χ4v) is 3.69. The number of para-hydroxylation sites is 1. The molecule has 1 aliphatic heterocycles. The van der Waals surface area contributed by atoms with Crippen molar-refractivity contribution < 1.29 is 9.53 Å². The zero-order valence-electron chi connectivity index (χ0n) is 15.6. The van der Waals surface area contributed by atoms with Crippen molar-refractivity contribution in [2.45, 2.75) is 25.8 Å². The monoisotopic (exact) mass is 365 g/mol. The van der Waals surface area contributed by atoms with Crippen LogP contribution in [0.15, 0.2) is 42.6 Å². The van der Waals surface area contributed by atoms with Crippen molar-refractivity contribution in [1.29, 1.82) is 0 Å². The first-order chi connectivity index (χ1) is 13.2. The summed E-state index contributed by atoms with van der Waals surface area (Å²) in [5, 5.41) is 8.08. The molecular weight excluding hydrogens is 342 g/mol. The summed E-state index contributed by atoms with van der Waals surface area (Å²) < 4.78 is 7.29. The topological polar surface area (TPSA) is 71.8 Å². The van der Waals surface area contributed by atoms with Gasteiger partial charge in [-0.1, -0.05) is 12.1 Å². The second-order valence-electron chi connectivity index (χ2n) is 6.72. The number of nitrogens with zero attached hydrogens (tertiary/aromatic N) is 4. The van der Waals surface area contributed by atoms with E-state index in [1.54, 1.807) is 20.2 Å². The lowest BCUT2D eigenvalue weighted by molar-refractivity contribution is -0.129. The van der Waals surface area contributed by atoms with Gasteiger partial charge in [0.2, 0.25) is 5.91 Å². The van der Waals surface area contributed by atoms with E-state index >= 15 is 0 Å². The Morgan fingerprint density at radius 3 is 2.96 bits per heavy atom. The highest BCUT2D eigenvalue weighted by molar-refractivity contribution is 5.74. The molecule has 0 aliphatic carbocycles. The Kier molecular flexibility index (Phi) is 4.66. The number of carbonyl (C=O) groups is 1. The number of likely N-dealkylation sites (tertiary alicyclic amines) is 1. The van der Waals surface area contributed by atoms with Gasteiger partial charge >= 0.3 is 0 Å². The SMILES string of the molecule is COc1ccccc1-c1cnc2ccc(NCC3CCCN3C(C)=O)nn12.